The number of hydrogen-bond acceptors (Lipinski definition) is 4. The van der Waals surface area contributed by atoms with Gasteiger partial charge in [0.05, 0.1) is 17.5 Å². The van der Waals surface area contributed by atoms with Crippen molar-refractivity contribution in [3.63, 3.8) is 0 Å². The van der Waals surface area contributed by atoms with Crippen LogP contribution in [0.4, 0.5) is 5.69 Å². The molecule has 0 aliphatic carbocycles. The fraction of sp³-hybridized carbons (Fsp3) is 0.111. The minimum absolute atomic E-state index is 0.0159. The van der Waals surface area contributed by atoms with Crippen molar-refractivity contribution in [2.75, 3.05) is 4.90 Å². The number of amides is 1. The summed E-state index contributed by atoms with van der Waals surface area (Å²) in [6.45, 7) is 2.04. The van der Waals surface area contributed by atoms with Gasteiger partial charge in [-0.3, -0.25) is 14.5 Å². The lowest BCUT2D eigenvalue weighted by Crippen LogP contribution is -2.29. The van der Waals surface area contributed by atoms with Crippen molar-refractivity contribution in [3.05, 3.63) is 108 Å². The summed E-state index contributed by atoms with van der Waals surface area (Å²) in [5.74, 6) is -1.25. The van der Waals surface area contributed by atoms with Crippen LogP contribution in [0.5, 0.6) is 0 Å². The zero-order chi connectivity index (χ0) is 22.2. The first-order valence-corrected chi connectivity index (χ1v) is 10.5. The molecule has 1 amide bonds. The van der Waals surface area contributed by atoms with Crippen LogP contribution in [0, 0.1) is 0 Å². The van der Waals surface area contributed by atoms with Crippen molar-refractivity contribution in [3.8, 4) is 0 Å². The monoisotopic (exact) mass is 423 g/mol. The first-order chi connectivity index (χ1) is 15.6. The second kappa shape index (κ2) is 7.85. The normalized spacial score (nSPS) is 17.9. The molecule has 0 spiro atoms. The lowest BCUT2D eigenvalue weighted by Gasteiger charge is -2.24. The lowest BCUT2D eigenvalue weighted by atomic mass is 9.98. The Morgan fingerprint density at radius 3 is 2.41 bits per heavy atom. The van der Waals surface area contributed by atoms with Gasteiger partial charge >= 0.3 is 0 Å². The Bertz CT molecular complexity index is 1340. The molecule has 1 aromatic heterocycles. The summed E-state index contributed by atoms with van der Waals surface area (Å²) in [7, 11) is 0. The number of fused-ring (bicyclic) bond motifs is 1. The van der Waals surface area contributed by atoms with Crippen molar-refractivity contribution >= 4 is 33.9 Å². The zero-order valence-electron chi connectivity index (χ0n) is 17.5. The van der Waals surface area contributed by atoms with Gasteiger partial charge in [0, 0.05) is 10.9 Å². The molecule has 2 heterocycles. The van der Waals surface area contributed by atoms with Crippen LogP contribution in [0.15, 0.2) is 95.1 Å². The predicted molar refractivity (Wildman–Crippen MR) is 123 cm³/mol. The molecule has 1 atom stereocenters. The Labute approximate surface area is 185 Å². The van der Waals surface area contributed by atoms with Gasteiger partial charge in [-0.15, -0.1) is 0 Å². The molecule has 158 valence electrons. The van der Waals surface area contributed by atoms with E-state index in [4.69, 9.17) is 4.42 Å². The van der Waals surface area contributed by atoms with E-state index in [1.54, 1.807) is 30.3 Å². The molecule has 0 radical (unpaired) electrons. The predicted octanol–water partition coefficient (Wildman–Crippen LogP) is 5.62. The summed E-state index contributed by atoms with van der Waals surface area (Å²) in [4.78, 5) is 27.9. The Hall–Kier alpha value is -4.12. The fourth-order valence-corrected chi connectivity index (χ4v) is 4.27. The van der Waals surface area contributed by atoms with E-state index >= 15 is 0 Å². The molecular formula is C27H21NO4. The van der Waals surface area contributed by atoms with Gasteiger partial charge in [-0.2, -0.15) is 0 Å². The van der Waals surface area contributed by atoms with Crippen LogP contribution in [0.25, 0.3) is 16.5 Å². The summed E-state index contributed by atoms with van der Waals surface area (Å²) >= 11 is 0. The number of aliphatic hydroxyl groups excluding tert-OH is 1. The maximum atomic E-state index is 13.3. The third kappa shape index (κ3) is 3.10. The fourth-order valence-electron chi connectivity index (χ4n) is 4.27. The molecule has 4 aromatic rings. The third-order valence-electron chi connectivity index (χ3n) is 5.92. The first-order valence-electron chi connectivity index (χ1n) is 10.5. The van der Waals surface area contributed by atoms with Gasteiger partial charge in [0.2, 0.25) is 0 Å². The lowest BCUT2D eigenvalue weighted by molar-refractivity contribution is -0.132. The topological polar surface area (TPSA) is 70.8 Å². The van der Waals surface area contributed by atoms with Gasteiger partial charge in [-0.05, 0) is 35.6 Å². The zero-order valence-corrected chi connectivity index (χ0v) is 17.5. The highest BCUT2D eigenvalue weighted by Crippen LogP contribution is 2.44. The molecule has 1 N–H and O–H groups in total. The smallest absolute Gasteiger partial charge is 0.300 e. The summed E-state index contributed by atoms with van der Waals surface area (Å²) in [5, 5.41) is 12.9. The summed E-state index contributed by atoms with van der Waals surface area (Å²) < 4.78 is 5.64. The van der Waals surface area contributed by atoms with Gasteiger partial charge in [0.1, 0.15) is 17.6 Å². The minimum Gasteiger partial charge on any atom is -0.507 e. The van der Waals surface area contributed by atoms with E-state index < -0.39 is 17.7 Å². The number of aliphatic hydroxyl groups is 1. The molecule has 0 bridgehead atoms. The highest BCUT2D eigenvalue weighted by atomic mass is 16.3. The number of furan rings is 1. The molecule has 1 aliphatic rings. The molecule has 5 rings (SSSR count). The number of carbonyl (C=O) groups excluding carboxylic acids is 2. The van der Waals surface area contributed by atoms with Crippen LogP contribution in [0.2, 0.25) is 0 Å². The van der Waals surface area contributed by atoms with Gasteiger partial charge in [-0.1, -0.05) is 67.6 Å². The molecular weight excluding hydrogens is 402 g/mol. The number of aryl methyl sites for hydroxylation is 1. The van der Waals surface area contributed by atoms with Gasteiger partial charge < -0.3 is 9.52 Å². The maximum absolute atomic E-state index is 13.3. The van der Waals surface area contributed by atoms with E-state index in [0.29, 0.717) is 17.0 Å². The molecule has 1 aliphatic heterocycles. The highest BCUT2D eigenvalue weighted by molar-refractivity contribution is 6.52. The molecule has 3 aromatic carbocycles. The van der Waals surface area contributed by atoms with Crippen LogP contribution in [-0.2, 0) is 16.0 Å². The number of rotatable bonds is 4. The van der Waals surface area contributed by atoms with Crippen molar-refractivity contribution < 1.29 is 19.1 Å². The number of nitrogens with zero attached hydrogens (tertiary/aromatic N) is 1. The number of benzene rings is 3. The molecule has 1 saturated heterocycles. The van der Waals surface area contributed by atoms with Crippen LogP contribution in [0.1, 0.15) is 29.9 Å². The number of ketones is 1. The van der Waals surface area contributed by atoms with Gasteiger partial charge in [0.25, 0.3) is 11.7 Å². The average Bonchev–Trinajstić information content (AvgIpc) is 3.45. The van der Waals surface area contributed by atoms with E-state index in [0.717, 1.165) is 22.8 Å². The molecule has 32 heavy (non-hydrogen) atoms. The standard InChI is InChI=1S/C27H21NO4/c1-2-17-12-14-19(15-13-17)25(29)23-24(22-11-6-16-32-22)28(27(31)26(23)30)21-10-5-8-18-7-3-4-9-20(18)21/h3-16,24,29H,2H2,1H3/b25-23-. The van der Waals surface area contributed by atoms with Crippen molar-refractivity contribution in [1.82, 2.24) is 0 Å². The molecule has 0 saturated carbocycles. The second-order valence-corrected chi connectivity index (χ2v) is 7.73. The van der Waals surface area contributed by atoms with Crippen molar-refractivity contribution in [2.45, 2.75) is 19.4 Å². The number of anilines is 1. The summed E-state index contributed by atoms with van der Waals surface area (Å²) in [5.41, 5.74) is 2.20. The minimum atomic E-state index is -0.873. The van der Waals surface area contributed by atoms with E-state index in [1.807, 2.05) is 55.5 Å². The summed E-state index contributed by atoms with van der Waals surface area (Å²) in [6, 6.07) is 23.1. The van der Waals surface area contributed by atoms with E-state index in [9.17, 15) is 14.7 Å². The Morgan fingerprint density at radius 2 is 1.69 bits per heavy atom. The number of Topliss-reactive ketones (excluding diaryl/α,β-unsaturated/α-hetero) is 1. The van der Waals surface area contributed by atoms with Crippen LogP contribution < -0.4 is 4.90 Å². The number of carbonyl (C=O) groups is 2. The Morgan fingerprint density at radius 1 is 0.938 bits per heavy atom. The van der Waals surface area contributed by atoms with E-state index in [-0.39, 0.29) is 11.3 Å². The number of hydrogen-bond donors (Lipinski definition) is 1. The summed E-state index contributed by atoms with van der Waals surface area (Å²) in [6.07, 6.45) is 2.35. The SMILES string of the molecule is CCc1ccc(/C(O)=C2/C(=O)C(=O)N(c3cccc4ccccc34)C2c2ccco2)cc1. The van der Waals surface area contributed by atoms with Crippen molar-refractivity contribution in [2.24, 2.45) is 0 Å². The van der Waals surface area contributed by atoms with Crippen LogP contribution >= 0.6 is 0 Å². The second-order valence-electron chi connectivity index (χ2n) is 7.73. The van der Waals surface area contributed by atoms with E-state index in [1.165, 1.54) is 11.2 Å². The van der Waals surface area contributed by atoms with Gasteiger partial charge in [0.15, 0.2) is 0 Å². The molecule has 1 fully saturated rings. The van der Waals surface area contributed by atoms with E-state index in [2.05, 4.69) is 0 Å². The van der Waals surface area contributed by atoms with Crippen molar-refractivity contribution in [1.29, 1.82) is 0 Å². The first kappa shape index (κ1) is 19.8. The highest BCUT2D eigenvalue weighted by Gasteiger charge is 2.48. The maximum Gasteiger partial charge on any atom is 0.300 e. The Balaban J connectivity index is 1.73. The van der Waals surface area contributed by atoms with Crippen LogP contribution in [-0.4, -0.2) is 16.8 Å². The largest absolute Gasteiger partial charge is 0.507 e. The molecule has 5 nitrogen and oxygen atoms in total. The van der Waals surface area contributed by atoms with Crippen LogP contribution in [0.3, 0.4) is 0 Å². The molecule has 1 unspecified atom stereocenters. The quantitative estimate of drug-likeness (QED) is 0.263. The average molecular weight is 423 g/mol. The Kier molecular flexibility index (Phi) is 4.86. The third-order valence-corrected chi connectivity index (χ3v) is 5.92. The molecule has 5 heteroatoms. The van der Waals surface area contributed by atoms with Gasteiger partial charge in [-0.25, -0.2) is 0 Å².